The monoisotopic (exact) mass is 1030 g/mol. The van der Waals surface area contributed by atoms with Crippen LogP contribution in [0.15, 0.2) is 134 Å². The quantitative estimate of drug-likeness (QED) is 0.0197. The van der Waals surface area contributed by atoms with Crippen molar-refractivity contribution in [3.63, 3.8) is 0 Å². The highest BCUT2D eigenvalue weighted by Crippen LogP contribution is 2.26. The minimum absolute atomic E-state index is 0.00739. The van der Waals surface area contributed by atoms with Crippen LogP contribution in [0.4, 0.5) is 0 Å². The first kappa shape index (κ1) is 66.3. The fraction of sp³-hybridized carbons (Fsp3) is 0.610. The molecule has 1 saturated heterocycles. The third-order valence-corrected chi connectivity index (χ3v) is 11.7. The number of aliphatic hydroxyl groups is 3. The van der Waals surface area contributed by atoms with Crippen LogP contribution in [0.25, 0.3) is 0 Å². The van der Waals surface area contributed by atoms with Gasteiger partial charge in [0.25, 0.3) is 0 Å². The van der Waals surface area contributed by atoms with Gasteiger partial charge in [-0.25, -0.2) is 4.18 Å². The molecule has 4 N–H and O–H groups in total. The number of allylic oxidation sites excluding steroid dienone is 22. The molecule has 1 aliphatic heterocycles. The average molecular weight is 1030 g/mol. The molecule has 1 aliphatic rings. The first-order chi connectivity index (χ1) is 35.1. The minimum atomic E-state index is -5.09. The van der Waals surface area contributed by atoms with E-state index in [9.17, 15) is 33.1 Å². The van der Waals surface area contributed by atoms with Crippen LogP contribution in [-0.4, -0.2) is 97.5 Å². The standard InChI is InChI=1S/C59H94O12S/c1-3-5-7-9-11-13-15-17-19-21-23-24-25-26-27-28-29-31-33-35-37-39-41-43-45-47-49-67-51-53(52-68-59-57(63)58(71-72(64,65)66)56(62)54(50-60)70-59)69-55(61)48-46-44-42-40-38-36-34-32-30-22-20-18-16-14-12-10-8-6-4-2/h5-8,11-14,17-20,23-24,26-27,30,32,36,38,42,44,53-54,56-60,62-63H,3-4,9-10,15-16,21-22,25,28-29,31,33-35,37,39-41,43,45-52H2,1-2H3,(H,64,65,66)/b7-5-,8-6-,13-11-,14-12-,19-17-,20-18-,24-23-,27-26-,32-30-,38-36-,44-42-. The Morgan fingerprint density at radius 2 is 0.917 bits per heavy atom. The molecule has 0 bridgehead atoms. The topological polar surface area (TPSA) is 178 Å². The summed E-state index contributed by atoms with van der Waals surface area (Å²) in [5, 5.41) is 30.8. The molecule has 1 rings (SSSR count). The summed E-state index contributed by atoms with van der Waals surface area (Å²) in [6.07, 6.45) is 62.1. The van der Waals surface area contributed by atoms with E-state index in [4.69, 9.17) is 18.9 Å². The van der Waals surface area contributed by atoms with E-state index >= 15 is 0 Å². The van der Waals surface area contributed by atoms with Gasteiger partial charge < -0.3 is 34.3 Å². The van der Waals surface area contributed by atoms with Crippen LogP contribution in [-0.2, 0) is 38.3 Å². The lowest BCUT2D eigenvalue weighted by Gasteiger charge is -2.41. The molecule has 408 valence electrons. The third kappa shape index (κ3) is 40.7. The number of carbonyl (C=O) groups is 1. The van der Waals surface area contributed by atoms with Gasteiger partial charge in [-0.05, 0) is 96.3 Å². The second kappa shape index (κ2) is 48.2. The Bertz CT molecular complexity index is 1760. The molecule has 0 aromatic rings. The van der Waals surface area contributed by atoms with Crippen molar-refractivity contribution in [2.45, 2.75) is 205 Å². The van der Waals surface area contributed by atoms with Gasteiger partial charge in [0, 0.05) is 13.0 Å². The first-order valence-corrected chi connectivity index (χ1v) is 28.3. The Labute approximate surface area is 435 Å². The van der Waals surface area contributed by atoms with E-state index < -0.39 is 59.8 Å². The SMILES string of the molecule is CC/C=C\C/C=C\C/C=C\C/C=C\C/C=C\C/C=C\CCC(=O)OC(COCCCCCCCCCCCC/C=C\C/C=C\C/C=C\C/C=C\C/C=C\CC)COC1OC(CO)C(O)C(OS(=O)(=O)O)C1O. The Morgan fingerprint density at radius 1 is 0.528 bits per heavy atom. The fourth-order valence-corrected chi connectivity index (χ4v) is 7.82. The Kier molecular flexibility index (Phi) is 44.4. The van der Waals surface area contributed by atoms with Crippen LogP contribution in [0.3, 0.4) is 0 Å². The summed E-state index contributed by atoms with van der Waals surface area (Å²) in [6.45, 7) is 3.64. The molecule has 0 saturated carbocycles. The van der Waals surface area contributed by atoms with Crippen molar-refractivity contribution in [1.82, 2.24) is 0 Å². The lowest BCUT2D eigenvalue weighted by Crippen LogP contribution is -2.60. The van der Waals surface area contributed by atoms with Crippen LogP contribution in [0.2, 0.25) is 0 Å². The van der Waals surface area contributed by atoms with E-state index in [1.807, 2.05) is 12.2 Å². The number of hydrogen-bond donors (Lipinski definition) is 4. The van der Waals surface area contributed by atoms with Gasteiger partial charge in [-0.2, -0.15) is 8.42 Å². The van der Waals surface area contributed by atoms with E-state index in [0.29, 0.717) is 13.0 Å². The molecule has 0 aromatic carbocycles. The minimum Gasteiger partial charge on any atom is -0.457 e. The molecule has 6 unspecified atom stereocenters. The first-order valence-electron chi connectivity index (χ1n) is 26.9. The third-order valence-electron chi connectivity index (χ3n) is 11.3. The van der Waals surface area contributed by atoms with Crippen LogP contribution < -0.4 is 0 Å². The van der Waals surface area contributed by atoms with Crippen molar-refractivity contribution in [2.24, 2.45) is 0 Å². The van der Waals surface area contributed by atoms with Crippen LogP contribution in [0.5, 0.6) is 0 Å². The Balaban J connectivity index is 2.38. The van der Waals surface area contributed by atoms with Crippen molar-refractivity contribution in [1.29, 1.82) is 0 Å². The molecule has 1 heterocycles. The van der Waals surface area contributed by atoms with Gasteiger partial charge >= 0.3 is 16.4 Å². The summed E-state index contributed by atoms with van der Waals surface area (Å²) in [6, 6.07) is 0. The van der Waals surface area contributed by atoms with Crippen LogP contribution in [0, 0.1) is 0 Å². The number of carbonyl (C=O) groups excluding carboxylic acids is 1. The van der Waals surface area contributed by atoms with Crippen molar-refractivity contribution >= 4 is 16.4 Å². The van der Waals surface area contributed by atoms with Crippen molar-refractivity contribution in [2.75, 3.05) is 26.4 Å². The number of hydrogen-bond acceptors (Lipinski definition) is 11. The number of aliphatic hydroxyl groups excluding tert-OH is 3. The molecular weight excluding hydrogens is 933 g/mol. The van der Waals surface area contributed by atoms with Gasteiger partial charge in [0.15, 0.2) is 6.29 Å². The van der Waals surface area contributed by atoms with E-state index in [1.54, 1.807) is 0 Å². The second-order valence-corrected chi connectivity index (χ2v) is 18.7. The molecular formula is C59H94O12S. The predicted molar refractivity (Wildman–Crippen MR) is 294 cm³/mol. The van der Waals surface area contributed by atoms with E-state index in [0.717, 1.165) is 96.3 Å². The van der Waals surface area contributed by atoms with Crippen molar-refractivity contribution in [3.05, 3.63) is 134 Å². The Morgan fingerprint density at radius 3 is 1.33 bits per heavy atom. The molecule has 0 amide bonds. The highest BCUT2D eigenvalue weighted by Gasteiger charge is 2.48. The summed E-state index contributed by atoms with van der Waals surface area (Å²) in [5.41, 5.74) is 0. The number of unbranched alkanes of at least 4 members (excludes halogenated alkanes) is 10. The van der Waals surface area contributed by atoms with E-state index in [1.165, 1.54) is 44.9 Å². The van der Waals surface area contributed by atoms with Gasteiger partial charge in [-0.15, -0.1) is 0 Å². The zero-order valence-corrected chi connectivity index (χ0v) is 44.7. The van der Waals surface area contributed by atoms with Gasteiger partial charge in [0.05, 0.1) is 19.8 Å². The molecule has 0 spiro atoms. The van der Waals surface area contributed by atoms with Crippen LogP contribution >= 0.6 is 0 Å². The fourth-order valence-electron chi connectivity index (χ4n) is 7.31. The zero-order chi connectivity index (χ0) is 52.4. The molecule has 72 heavy (non-hydrogen) atoms. The lowest BCUT2D eigenvalue weighted by molar-refractivity contribution is -0.301. The summed E-state index contributed by atoms with van der Waals surface area (Å²) in [7, 11) is -5.09. The molecule has 1 fully saturated rings. The largest absolute Gasteiger partial charge is 0.457 e. The predicted octanol–water partition coefficient (Wildman–Crippen LogP) is 13.1. The molecule has 6 atom stereocenters. The summed E-state index contributed by atoms with van der Waals surface area (Å²) in [4.78, 5) is 12.9. The average Bonchev–Trinajstić information content (AvgIpc) is 3.36. The van der Waals surface area contributed by atoms with Gasteiger partial charge in [0.2, 0.25) is 0 Å². The number of ether oxygens (including phenoxy) is 4. The van der Waals surface area contributed by atoms with Gasteiger partial charge in [-0.1, -0.05) is 199 Å². The molecule has 0 aromatic heterocycles. The molecule has 0 aliphatic carbocycles. The molecule has 12 nitrogen and oxygen atoms in total. The highest BCUT2D eigenvalue weighted by molar-refractivity contribution is 7.80. The maximum Gasteiger partial charge on any atom is 0.397 e. The van der Waals surface area contributed by atoms with Gasteiger partial charge in [-0.3, -0.25) is 9.35 Å². The van der Waals surface area contributed by atoms with E-state index in [-0.39, 0.29) is 19.6 Å². The summed E-state index contributed by atoms with van der Waals surface area (Å²) in [5.74, 6) is -0.488. The van der Waals surface area contributed by atoms with Crippen LogP contribution in [0.1, 0.15) is 168 Å². The summed E-state index contributed by atoms with van der Waals surface area (Å²) < 4.78 is 59.2. The maximum atomic E-state index is 12.9. The zero-order valence-electron chi connectivity index (χ0n) is 43.9. The second-order valence-electron chi connectivity index (χ2n) is 17.7. The smallest absolute Gasteiger partial charge is 0.397 e. The normalized spacial score (nSPS) is 20.0. The maximum absolute atomic E-state index is 12.9. The van der Waals surface area contributed by atoms with Crippen molar-refractivity contribution < 1.29 is 56.2 Å². The molecule has 13 heteroatoms. The van der Waals surface area contributed by atoms with E-state index in [2.05, 4.69) is 140 Å². The Hall–Kier alpha value is -3.76. The number of esters is 1. The van der Waals surface area contributed by atoms with Crippen molar-refractivity contribution in [3.8, 4) is 0 Å². The summed E-state index contributed by atoms with van der Waals surface area (Å²) >= 11 is 0. The number of rotatable bonds is 45. The van der Waals surface area contributed by atoms with Gasteiger partial charge in [0.1, 0.15) is 30.5 Å². The highest BCUT2D eigenvalue weighted by atomic mass is 32.3. The molecule has 0 radical (unpaired) electrons. The lowest BCUT2D eigenvalue weighted by atomic mass is 9.99.